The van der Waals surface area contributed by atoms with E-state index in [1.165, 1.54) is 0 Å². The van der Waals surface area contributed by atoms with Crippen LogP contribution in [0.2, 0.25) is 0 Å². The van der Waals surface area contributed by atoms with Crippen molar-refractivity contribution in [2.24, 2.45) is 5.92 Å². The van der Waals surface area contributed by atoms with Gasteiger partial charge in [0.25, 0.3) is 5.91 Å². The number of carbonyl (C=O) groups is 4. The maximum absolute atomic E-state index is 14.1. The molecule has 62 heavy (non-hydrogen) atoms. The zero-order valence-electron chi connectivity index (χ0n) is 37.3. The van der Waals surface area contributed by atoms with Gasteiger partial charge >= 0.3 is 11.9 Å². The van der Waals surface area contributed by atoms with Crippen LogP contribution in [0.3, 0.4) is 0 Å². The fraction of sp³-hybridized carbons (Fsp3) is 0.600. The summed E-state index contributed by atoms with van der Waals surface area (Å²) in [5.74, 6) is -2.08. The summed E-state index contributed by atoms with van der Waals surface area (Å²) in [4.78, 5) is 53.6. The van der Waals surface area contributed by atoms with Crippen LogP contribution in [0.15, 0.2) is 66.3 Å². The Bertz CT molecular complexity index is 1910. The van der Waals surface area contributed by atoms with Crippen LogP contribution in [-0.4, -0.2) is 83.4 Å². The first-order valence-electron chi connectivity index (χ1n) is 23.0. The maximum atomic E-state index is 14.1. The molecule has 4 aliphatic rings. The number of ether oxygens (including phenoxy) is 5. The minimum Gasteiger partial charge on any atom is -0.460 e. The van der Waals surface area contributed by atoms with Crippen LogP contribution in [0.1, 0.15) is 156 Å². The van der Waals surface area contributed by atoms with Crippen LogP contribution in [0, 0.1) is 5.92 Å². The molecule has 0 bridgehead atoms. The van der Waals surface area contributed by atoms with E-state index in [9.17, 15) is 24.3 Å². The summed E-state index contributed by atoms with van der Waals surface area (Å²) >= 11 is 0. The molecule has 12 nitrogen and oxygen atoms in total. The highest BCUT2D eigenvalue weighted by Gasteiger charge is 2.52. The molecule has 2 aliphatic carbocycles. The molecule has 0 aromatic heterocycles. The number of amides is 2. The smallest absolute Gasteiger partial charge is 0.339 e. The Morgan fingerprint density at radius 3 is 2.40 bits per heavy atom. The Kier molecular flexibility index (Phi) is 16.6. The van der Waals surface area contributed by atoms with Crippen molar-refractivity contribution in [3.05, 3.63) is 88.5 Å². The van der Waals surface area contributed by atoms with E-state index in [0.717, 1.165) is 63.4 Å². The molecule has 2 aromatic carbocycles. The summed E-state index contributed by atoms with van der Waals surface area (Å²) in [7, 11) is 0. The number of aliphatic hydroxyl groups is 1. The van der Waals surface area contributed by atoms with Crippen molar-refractivity contribution in [2.45, 2.75) is 179 Å². The molecular weight excluding hydrogens is 789 g/mol. The molecule has 3 fully saturated rings. The lowest BCUT2D eigenvalue weighted by molar-refractivity contribution is -0.190. The second-order valence-electron chi connectivity index (χ2n) is 18.4. The molecule has 2 aromatic rings. The molecule has 0 spiro atoms. The molecule has 7 atom stereocenters. The maximum Gasteiger partial charge on any atom is 0.339 e. The standard InChI is InChI=1S/C50H68N2O10/c1-6-8-12-25-50(26-13-9-7-2)60-43-30-37(46(55)51-31-34-15-14-17-36(27-34)47(56)52-38(32-53)22-24-44(54)61-49(3,4)5)29-42(45(43)62-50)59-48(57)39-18-11-10-16-35(39)21-19-33-20-23-40-41(28-33)58-40/h10-11,14-19,21,27,30,33,38,40-43,45,53H,6-9,12-13,20,22-26,28-29,31-32H2,1-5H3,(H,51,55)(H,52,56)/t33?,38-,40?,41?,42+,43+,45-/m0/s1. The van der Waals surface area contributed by atoms with Gasteiger partial charge in [-0.3, -0.25) is 14.4 Å². The number of fused-ring (bicyclic) bond motifs is 2. The van der Waals surface area contributed by atoms with Gasteiger partial charge < -0.3 is 39.4 Å². The van der Waals surface area contributed by atoms with Crippen molar-refractivity contribution in [2.75, 3.05) is 6.61 Å². The number of aliphatic hydroxyl groups excluding tert-OH is 1. The highest BCUT2D eigenvalue weighted by molar-refractivity contribution is 5.96. The third-order valence-electron chi connectivity index (χ3n) is 12.1. The van der Waals surface area contributed by atoms with Gasteiger partial charge in [-0.15, -0.1) is 0 Å². The van der Waals surface area contributed by atoms with Crippen molar-refractivity contribution >= 4 is 29.8 Å². The summed E-state index contributed by atoms with van der Waals surface area (Å²) < 4.78 is 31.1. The molecule has 3 N–H and O–H groups in total. The molecule has 6 rings (SSSR count). The van der Waals surface area contributed by atoms with Gasteiger partial charge in [-0.1, -0.05) is 82.0 Å². The first-order chi connectivity index (χ1) is 29.8. The number of unbranched alkanes of at least 4 members (excludes halogenated alkanes) is 4. The first kappa shape index (κ1) is 47.1. The topological polar surface area (TPSA) is 162 Å². The summed E-state index contributed by atoms with van der Waals surface area (Å²) in [5, 5.41) is 15.7. The number of hydrogen-bond donors (Lipinski definition) is 3. The minimum absolute atomic E-state index is 0.0460. The van der Waals surface area contributed by atoms with Crippen molar-refractivity contribution in [3.63, 3.8) is 0 Å². The summed E-state index contributed by atoms with van der Waals surface area (Å²) in [6, 6.07) is 13.7. The van der Waals surface area contributed by atoms with Crippen LogP contribution in [-0.2, 0) is 39.8 Å². The van der Waals surface area contributed by atoms with Crippen LogP contribution >= 0.6 is 0 Å². The molecule has 2 aliphatic heterocycles. The van der Waals surface area contributed by atoms with Crippen LogP contribution < -0.4 is 10.6 Å². The van der Waals surface area contributed by atoms with Gasteiger partial charge in [-0.2, -0.15) is 0 Å². The van der Waals surface area contributed by atoms with E-state index >= 15 is 0 Å². The molecule has 2 heterocycles. The predicted molar refractivity (Wildman–Crippen MR) is 236 cm³/mol. The number of nitrogens with one attached hydrogen (secondary N) is 2. The molecular formula is C50H68N2O10. The fourth-order valence-corrected chi connectivity index (χ4v) is 8.76. The highest BCUT2D eigenvalue weighted by Crippen LogP contribution is 2.44. The van der Waals surface area contributed by atoms with E-state index in [2.05, 4.69) is 30.6 Å². The Balaban J connectivity index is 1.14. The molecule has 1 saturated carbocycles. The molecule has 3 unspecified atom stereocenters. The van der Waals surface area contributed by atoms with E-state index in [1.807, 2.05) is 36.4 Å². The normalized spacial score (nSPS) is 24.3. The van der Waals surface area contributed by atoms with Gasteiger partial charge in [-0.25, -0.2) is 4.79 Å². The summed E-state index contributed by atoms with van der Waals surface area (Å²) in [5.41, 5.74) is 2.06. The molecule has 0 radical (unpaired) electrons. The SMILES string of the molecule is CCCCCC1(CCCCC)O[C@@H]2[C@@H](C=C(C(=O)NCc3cccc(C(=O)N[C@H](CO)CCC(=O)OC(C)(C)C)c3)C[C@H]2OC(=O)c2ccccc2C=CC2CCC3OC3C2)O1. The van der Waals surface area contributed by atoms with Crippen molar-refractivity contribution < 1.29 is 48.0 Å². The highest BCUT2D eigenvalue weighted by atomic mass is 16.8. The zero-order chi connectivity index (χ0) is 44.3. The van der Waals surface area contributed by atoms with E-state index in [0.29, 0.717) is 53.2 Å². The van der Waals surface area contributed by atoms with Crippen LogP contribution in [0.5, 0.6) is 0 Å². The average Bonchev–Trinajstić information content (AvgIpc) is 3.94. The van der Waals surface area contributed by atoms with Gasteiger partial charge in [0.05, 0.1) is 30.4 Å². The van der Waals surface area contributed by atoms with Crippen molar-refractivity contribution in [1.82, 2.24) is 10.6 Å². The molecule has 12 heteroatoms. The Morgan fingerprint density at radius 1 is 0.935 bits per heavy atom. The van der Waals surface area contributed by atoms with Crippen LogP contribution in [0.4, 0.5) is 0 Å². The third kappa shape index (κ3) is 13.3. The van der Waals surface area contributed by atoms with Gasteiger partial charge in [0, 0.05) is 43.4 Å². The Labute approximate surface area is 367 Å². The lowest BCUT2D eigenvalue weighted by Gasteiger charge is -2.31. The summed E-state index contributed by atoms with van der Waals surface area (Å²) in [6.07, 6.45) is 15.8. The fourth-order valence-electron chi connectivity index (χ4n) is 8.76. The number of hydrogen-bond acceptors (Lipinski definition) is 10. The average molecular weight is 857 g/mol. The quantitative estimate of drug-likeness (QED) is 0.0633. The number of allylic oxidation sites excluding steroid dienone is 1. The lowest BCUT2D eigenvalue weighted by atomic mass is 9.88. The van der Waals surface area contributed by atoms with E-state index < -0.39 is 53.6 Å². The number of epoxide rings is 1. The number of esters is 2. The zero-order valence-corrected chi connectivity index (χ0v) is 37.3. The second-order valence-corrected chi connectivity index (χ2v) is 18.4. The van der Waals surface area contributed by atoms with Gasteiger partial charge in [-0.05, 0) is 101 Å². The Morgan fingerprint density at radius 2 is 1.69 bits per heavy atom. The minimum atomic E-state index is -0.844. The number of carbonyl (C=O) groups excluding carboxylic acids is 4. The second kappa shape index (κ2) is 21.8. The monoisotopic (exact) mass is 856 g/mol. The molecule has 2 amide bonds. The summed E-state index contributed by atoms with van der Waals surface area (Å²) in [6.45, 7) is 9.46. The molecule has 2 saturated heterocycles. The first-order valence-corrected chi connectivity index (χ1v) is 23.0. The largest absolute Gasteiger partial charge is 0.460 e. The van der Waals surface area contributed by atoms with Gasteiger partial charge in [0.15, 0.2) is 5.79 Å². The number of benzene rings is 2. The Hall–Kier alpha value is -4.36. The lowest BCUT2D eigenvalue weighted by Crippen LogP contribution is -2.43. The predicted octanol–water partition coefficient (Wildman–Crippen LogP) is 8.29. The van der Waals surface area contributed by atoms with E-state index in [1.54, 1.807) is 45.0 Å². The van der Waals surface area contributed by atoms with Crippen molar-refractivity contribution in [1.29, 1.82) is 0 Å². The third-order valence-corrected chi connectivity index (χ3v) is 12.1. The van der Waals surface area contributed by atoms with Crippen LogP contribution in [0.25, 0.3) is 6.08 Å². The van der Waals surface area contributed by atoms with Gasteiger partial charge in [0.2, 0.25) is 5.91 Å². The number of rotatable bonds is 21. The van der Waals surface area contributed by atoms with E-state index in [-0.39, 0.29) is 38.3 Å². The van der Waals surface area contributed by atoms with Gasteiger partial charge in [0.1, 0.15) is 23.9 Å². The van der Waals surface area contributed by atoms with E-state index in [4.69, 9.17) is 23.7 Å². The van der Waals surface area contributed by atoms with Crippen molar-refractivity contribution in [3.8, 4) is 0 Å². The molecule has 338 valence electrons.